The lowest BCUT2D eigenvalue weighted by Gasteiger charge is -2.22. The SMILES string of the molecule is Cn1cnc(Cn2c(=O)c3c4nccnc4c(N4CCC(F)(F)C4)cc3n(Cc3cc(F)c(F)c(Cl)c3)c2=O)n1. The Morgan fingerprint density at radius 2 is 1.75 bits per heavy atom. The molecular weight excluding hydrogens is 556 g/mol. The van der Waals surface area contributed by atoms with Crippen LogP contribution in [-0.4, -0.2) is 52.9 Å². The number of nitrogens with zero attached hydrogens (tertiary/aromatic N) is 8. The average Bonchev–Trinajstić information content (AvgIpc) is 3.50. The zero-order valence-electron chi connectivity index (χ0n) is 20.8. The van der Waals surface area contributed by atoms with Gasteiger partial charge in [-0.1, -0.05) is 11.6 Å². The molecule has 5 aromatic rings. The van der Waals surface area contributed by atoms with Gasteiger partial charge >= 0.3 is 5.69 Å². The second-order valence-electron chi connectivity index (χ2n) is 9.54. The highest BCUT2D eigenvalue weighted by molar-refractivity contribution is 6.30. The molecule has 206 valence electrons. The van der Waals surface area contributed by atoms with Crippen LogP contribution in [-0.2, 0) is 20.1 Å². The van der Waals surface area contributed by atoms with Crippen molar-refractivity contribution in [1.29, 1.82) is 0 Å². The molecule has 4 heterocycles. The highest BCUT2D eigenvalue weighted by atomic mass is 35.5. The molecule has 0 atom stereocenters. The van der Waals surface area contributed by atoms with Crippen LogP contribution < -0.4 is 16.1 Å². The number of aromatic nitrogens is 7. The van der Waals surface area contributed by atoms with E-state index in [1.54, 1.807) is 7.05 Å². The van der Waals surface area contributed by atoms with Crippen LogP contribution in [0.5, 0.6) is 0 Å². The lowest BCUT2D eigenvalue weighted by atomic mass is 10.1. The molecule has 0 spiro atoms. The third-order valence-electron chi connectivity index (χ3n) is 6.76. The van der Waals surface area contributed by atoms with Gasteiger partial charge in [-0.3, -0.25) is 28.6 Å². The molecule has 1 aliphatic rings. The molecule has 10 nitrogen and oxygen atoms in total. The summed E-state index contributed by atoms with van der Waals surface area (Å²) in [6, 6.07) is 3.48. The van der Waals surface area contributed by atoms with Crippen molar-refractivity contribution in [2.24, 2.45) is 7.05 Å². The van der Waals surface area contributed by atoms with E-state index in [4.69, 9.17) is 11.6 Å². The first-order chi connectivity index (χ1) is 19.0. The Balaban J connectivity index is 1.66. The lowest BCUT2D eigenvalue weighted by molar-refractivity contribution is 0.0257. The van der Waals surface area contributed by atoms with E-state index in [1.165, 1.54) is 34.4 Å². The number of halogens is 5. The van der Waals surface area contributed by atoms with E-state index in [1.807, 2.05) is 0 Å². The van der Waals surface area contributed by atoms with Crippen LogP contribution in [0, 0.1) is 11.6 Å². The van der Waals surface area contributed by atoms with Gasteiger partial charge in [0.25, 0.3) is 11.5 Å². The Morgan fingerprint density at radius 3 is 2.40 bits per heavy atom. The van der Waals surface area contributed by atoms with Crippen LogP contribution in [0.1, 0.15) is 17.8 Å². The molecule has 1 saturated heterocycles. The summed E-state index contributed by atoms with van der Waals surface area (Å²) in [6.45, 7) is -1.20. The molecule has 0 radical (unpaired) electrons. The van der Waals surface area contributed by atoms with Crippen molar-refractivity contribution in [3.63, 3.8) is 0 Å². The minimum atomic E-state index is -2.94. The van der Waals surface area contributed by atoms with Gasteiger partial charge in [0.15, 0.2) is 17.5 Å². The van der Waals surface area contributed by atoms with Crippen LogP contribution in [0.4, 0.5) is 23.2 Å². The van der Waals surface area contributed by atoms with Crippen molar-refractivity contribution in [1.82, 2.24) is 33.9 Å². The van der Waals surface area contributed by atoms with Crippen molar-refractivity contribution in [2.75, 3.05) is 18.0 Å². The van der Waals surface area contributed by atoms with E-state index >= 15 is 0 Å². The zero-order chi connectivity index (χ0) is 28.3. The van der Waals surface area contributed by atoms with Crippen molar-refractivity contribution < 1.29 is 17.6 Å². The molecule has 2 aromatic carbocycles. The first kappa shape index (κ1) is 25.9. The largest absolute Gasteiger partial charge is 0.363 e. The summed E-state index contributed by atoms with van der Waals surface area (Å²) >= 11 is 5.85. The second-order valence-corrected chi connectivity index (χ2v) is 9.95. The van der Waals surface area contributed by atoms with Gasteiger partial charge in [-0.2, -0.15) is 5.10 Å². The molecule has 6 rings (SSSR count). The van der Waals surface area contributed by atoms with Crippen LogP contribution in [0.15, 0.2) is 46.5 Å². The number of rotatable bonds is 5. The van der Waals surface area contributed by atoms with E-state index in [0.29, 0.717) is 0 Å². The molecule has 1 aliphatic heterocycles. The van der Waals surface area contributed by atoms with Crippen molar-refractivity contribution >= 4 is 39.2 Å². The fourth-order valence-corrected chi connectivity index (χ4v) is 5.18. The number of hydrogen-bond acceptors (Lipinski definition) is 7. The first-order valence-corrected chi connectivity index (χ1v) is 12.4. The third-order valence-corrected chi connectivity index (χ3v) is 7.04. The number of fused-ring (bicyclic) bond motifs is 3. The third kappa shape index (κ3) is 4.37. The summed E-state index contributed by atoms with van der Waals surface area (Å²) in [4.78, 5) is 41.8. The maximum absolute atomic E-state index is 14.2. The topological polar surface area (TPSA) is 104 Å². The smallest absolute Gasteiger partial charge is 0.332 e. The van der Waals surface area contributed by atoms with Gasteiger partial charge in [-0.25, -0.2) is 27.3 Å². The summed E-state index contributed by atoms with van der Waals surface area (Å²) in [7, 11) is 1.62. The number of alkyl halides is 2. The maximum Gasteiger partial charge on any atom is 0.332 e. The molecule has 15 heteroatoms. The van der Waals surface area contributed by atoms with Gasteiger partial charge in [0.1, 0.15) is 17.4 Å². The van der Waals surface area contributed by atoms with E-state index in [2.05, 4.69) is 20.1 Å². The molecule has 3 aromatic heterocycles. The van der Waals surface area contributed by atoms with Gasteiger partial charge < -0.3 is 4.90 Å². The van der Waals surface area contributed by atoms with E-state index in [0.717, 1.165) is 21.3 Å². The molecule has 40 heavy (non-hydrogen) atoms. The molecule has 0 amide bonds. The normalized spacial score (nSPS) is 15.0. The highest BCUT2D eigenvalue weighted by Gasteiger charge is 2.39. The minimum absolute atomic E-state index is 0.00953. The van der Waals surface area contributed by atoms with Crippen molar-refractivity contribution in [3.05, 3.63) is 85.8 Å². The van der Waals surface area contributed by atoms with Crippen LogP contribution >= 0.6 is 11.6 Å². The predicted molar refractivity (Wildman–Crippen MR) is 138 cm³/mol. The Hall–Kier alpha value is -4.33. The van der Waals surface area contributed by atoms with E-state index in [9.17, 15) is 27.2 Å². The lowest BCUT2D eigenvalue weighted by Crippen LogP contribution is -2.41. The molecule has 0 N–H and O–H groups in total. The van der Waals surface area contributed by atoms with Crippen LogP contribution in [0.2, 0.25) is 5.02 Å². The Bertz CT molecular complexity index is 1910. The Kier molecular flexibility index (Phi) is 6.09. The minimum Gasteiger partial charge on any atom is -0.363 e. The summed E-state index contributed by atoms with van der Waals surface area (Å²) in [5.74, 6) is -5.23. The van der Waals surface area contributed by atoms with Gasteiger partial charge in [-0.15, -0.1) is 0 Å². The first-order valence-electron chi connectivity index (χ1n) is 12.0. The van der Waals surface area contributed by atoms with Crippen molar-refractivity contribution in [3.8, 4) is 0 Å². The van der Waals surface area contributed by atoms with Gasteiger partial charge in [0.2, 0.25) is 0 Å². The fourth-order valence-electron chi connectivity index (χ4n) is 4.95. The number of aryl methyl sites for hydroxylation is 1. The second kappa shape index (κ2) is 9.40. The molecular formula is C25H19ClF4N8O2. The zero-order valence-corrected chi connectivity index (χ0v) is 21.5. The Labute approximate surface area is 227 Å². The summed E-state index contributed by atoms with van der Waals surface area (Å²) in [5.41, 5.74) is -0.806. The molecule has 0 aliphatic carbocycles. The van der Waals surface area contributed by atoms with Crippen LogP contribution in [0.25, 0.3) is 21.9 Å². The van der Waals surface area contributed by atoms with Gasteiger partial charge in [-0.05, 0) is 23.8 Å². The monoisotopic (exact) mass is 574 g/mol. The maximum atomic E-state index is 14.2. The summed E-state index contributed by atoms with van der Waals surface area (Å²) in [5, 5.41) is 3.64. The van der Waals surface area contributed by atoms with Crippen molar-refractivity contribution in [2.45, 2.75) is 25.4 Å². The number of benzene rings is 2. The fraction of sp³-hybridized carbons (Fsp3) is 0.280. The van der Waals surface area contributed by atoms with Gasteiger partial charge in [0.05, 0.1) is 41.2 Å². The van der Waals surface area contributed by atoms with E-state index in [-0.39, 0.29) is 65.1 Å². The molecule has 1 fully saturated rings. The average molecular weight is 575 g/mol. The summed E-state index contributed by atoms with van der Waals surface area (Å²) in [6.07, 6.45) is 3.74. The summed E-state index contributed by atoms with van der Waals surface area (Å²) < 4.78 is 59.9. The van der Waals surface area contributed by atoms with Gasteiger partial charge in [0, 0.05) is 32.4 Å². The quantitative estimate of drug-likeness (QED) is 0.180. The molecule has 0 bridgehead atoms. The number of anilines is 1. The standard InChI is InChI=1S/C25H19ClF4N8O2/c1-35-12-33-18(34-35)10-38-23(39)19-16(37(24(38)40)9-13-6-14(26)20(28)15(27)7-13)8-17(21-22(19)32-4-3-31-21)36-5-2-25(29,30)11-36/h3-4,6-8,12H,2,5,9-11H2,1H3. The highest BCUT2D eigenvalue weighted by Crippen LogP contribution is 2.36. The Morgan fingerprint density at radius 1 is 1.00 bits per heavy atom. The molecule has 0 saturated carbocycles. The van der Waals surface area contributed by atoms with E-state index < -0.39 is 40.4 Å². The van der Waals surface area contributed by atoms with Crippen LogP contribution in [0.3, 0.4) is 0 Å². The number of hydrogen-bond donors (Lipinski definition) is 0. The predicted octanol–water partition coefficient (Wildman–Crippen LogP) is 3.11. The molecule has 0 unspecified atom stereocenters.